The summed E-state index contributed by atoms with van der Waals surface area (Å²) in [6.45, 7) is 0.446. The van der Waals surface area contributed by atoms with Crippen molar-refractivity contribution in [2.75, 3.05) is 16.6 Å². The molecule has 0 aliphatic carbocycles. The van der Waals surface area contributed by atoms with Gasteiger partial charge in [0.05, 0.1) is 5.75 Å². The maximum absolute atomic E-state index is 10.9. The first kappa shape index (κ1) is 21.0. The van der Waals surface area contributed by atoms with Gasteiger partial charge >= 0.3 is 0 Å². The van der Waals surface area contributed by atoms with E-state index >= 15 is 0 Å². The van der Waals surface area contributed by atoms with Crippen molar-refractivity contribution in [3.05, 3.63) is 59.0 Å². The Morgan fingerprint density at radius 2 is 1.91 bits per heavy atom. The standard InChI is InChI=1S/C21H21ClN6O3S/c22-14-7-5-13(6-8-14)12-16-24-20(27-26-16)18-19(29)17-15(4-3-9-23-17)21(25-18)28-10-1-2-11-32(28,30)31/h3-9,29-31H,1-2,10-12H2,(H,24,26,27). The topological polar surface area (TPSA) is 131 Å². The number of hydrogen-bond donors (Lipinski definition) is 4. The minimum absolute atomic E-state index is 0.146. The van der Waals surface area contributed by atoms with Crippen LogP contribution in [0.2, 0.25) is 5.02 Å². The Bertz CT molecular complexity index is 1280. The fourth-order valence-electron chi connectivity index (χ4n) is 3.79. The molecule has 0 saturated carbocycles. The number of aromatic amines is 1. The van der Waals surface area contributed by atoms with E-state index < -0.39 is 10.8 Å². The first-order valence-electron chi connectivity index (χ1n) is 10.1. The summed E-state index contributed by atoms with van der Waals surface area (Å²) in [6, 6.07) is 10.9. The average molecular weight is 473 g/mol. The lowest BCUT2D eigenvalue weighted by Crippen LogP contribution is -2.35. The van der Waals surface area contributed by atoms with E-state index in [1.807, 2.05) is 12.1 Å². The molecule has 4 aromatic rings. The quantitative estimate of drug-likeness (QED) is 0.338. The van der Waals surface area contributed by atoms with Gasteiger partial charge in [0.1, 0.15) is 11.3 Å². The number of aromatic nitrogens is 5. The molecule has 0 unspecified atom stereocenters. The molecule has 1 aliphatic heterocycles. The minimum atomic E-state index is -3.01. The molecule has 3 aromatic heterocycles. The molecule has 0 radical (unpaired) electrons. The number of pyridine rings is 2. The van der Waals surface area contributed by atoms with E-state index in [2.05, 4.69) is 25.1 Å². The van der Waals surface area contributed by atoms with Gasteiger partial charge in [0.15, 0.2) is 23.1 Å². The lowest BCUT2D eigenvalue weighted by molar-refractivity contribution is 0.466. The number of nitrogens with zero attached hydrogens (tertiary/aromatic N) is 5. The van der Waals surface area contributed by atoms with Crippen molar-refractivity contribution < 1.29 is 14.2 Å². The molecule has 166 valence electrons. The minimum Gasteiger partial charge on any atom is -0.504 e. The molecule has 1 aliphatic rings. The average Bonchev–Trinajstić information content (AvgIpc) is 3.24. The summed E-state index contributed by atoms with van der Waals surface area (Å²) in [6.07, 6.45) is 3.60. The summed E-state index contributed by atoms with van der Waals surface area (Å²) < 4.78 is 22.8. The number of hydrogen-bond acceptors (Lipinski definition) is 8. The first-order chi connectivity index (χ1) is 15.4. The van der Waals surface area contributed by atoms with Crippen molar-refractivity contribution in [1.29, 1.82) is 0 Å². The van der Waals surface area contributed by atoms with Gasteiger partial charge in [-0.3, -0.25) is 18.4 Å². The molecule has 0 spiro atoms. The smallest absolute Gasteiger partial charge is 0.184 e. The zero-order valence-corrected chi connectivity index (χ0v) is 18.5. The number of rotatable bonds is 4. The number of benzene rings is 1. The molecule has 0 atom stereocenters. The molecule has 4 heterocycles. The van der Waals surface area contributed by atoms with Crippen LogP contribution in [0.1, 0.15) is 24.2 Å². The number of H-pyrrole nitrogens is 1. The van der Waals surface area contributed by atoms with Crippen molar-refractivity contribution in [3.8, 4) is 17.3 Å². The second kappa shape index (κ2) is 8.21. The Labute approximate surface area is 190 Å². The fourth-order valence-corrected chi connectivity index (χ4v) is 5.57. The third kappa shape index (κ3) is 3.86. The summed E-state index contributed by atoms with van der Waals surface area (Å²) in [5.41, 5.74) is 1.46. The summed E-state index contributed by atoms with van der Waals surface area (Å²) in [7, 11) is -3.01. The van der Waals surface area contributed by atoms with Gasteiger partial charge in [0, 0.05) is 29.6 Å². The number of halogens is 1. The maximum atomic E-state index is 10.9. The largest absolute Gasteiger partial charge is 0.504 e. The highest BCUT2D eigenvalue weighted by Gasteiger charge is 2.31. The zero-order valence-electron chi connectivity index (χ0n) is 16.9. The zero-order chi connectivity index (χ0) is 22.3. The van der Waals surface area contributed by atoms with Gasteiger partial charge in [-0.1, -0.05) is 23.7 Å². The molecule has 0 bridgehead atoms. The van der Waals surface area contributed by atoms with Crippen molar-refractivity contribution in [2.24, 2.45) is 0 Å². The highest BCUT2D eigenvalue weighted by molar-refractivity contribution is 8.25. The molecule has 5 rings (SSSR count). The van der Waals surface area contributed by atoms with Gasteiger partial charge in [-0.15, -0.1) is 21.0 Å². The third-order valence-corrected chi connectivity index (χ3v) is 7.53. The molecule has 32 heavy (non-hydrogen) atoms. The molecule has 11 heteroatoms. The molecule has 4 N–H and O–H groups in total. The summed E-state index contributed by atoms with van der Waals surface area (Å²) >= 11 is 5.95. The molecular weight excluding hydrogens is 452 g/mol. The second-order valence-corrected chi connectivity index (χ2v) is 10.2. The molecular formula is C21H21ClN6O3S. The van der Waals surface area contributed by atoms with Gasteiger partial charge in [-0.05, 0) is 42.7 Å². The van der Waals surface area contributed by atoms with Gasteiger partial charge in [-0.2, -0.15) is 0 Å². The molecule has 0 amide bonds. The van der Waals surface area contributed by atoms with Crippen LogP contribution in [0.4, 0.5) is 5.82 Å². The Balaban J connectivity index is 1.58. The Kier molecular flexibility index (Phi) is 5.38. The van der Waals surface area contributed by atoms with E-state index in [9.17, 15) is 14.2 Å². The van der Waals surface area contributed by atoms with Crippen LogP contribution in [-0.2, 0) is 6.42 Å². The van der Waals surface area contributed by atoms with E-state index in [0.29, 0.717) is 40.5 Å². The van der Waals surface area contributed by atoms with Crippen LogP contribution in [0.3, 0.4) is 0 Å². The van der Waals surface area contributed by atoms with Crippen LogP contribution in [-0.4, -0.2) is 51.7 Å². The van der Waals surface area contributed by atoms with Crippen LogP contribution in [0.5, 0.6) is 5.75 Å². The second-order valence-electron chi connectivity index (χ2n) is 7.60. The monoisotopic (exact) mass is 472 g/mol. The van der Waals surface area contributed by atoms with E-state index in [1.165, 1.54) is 4.31 Å². The first-order valence-corrected chi connectivity index (χ1v) is 12.1. The predicted octanol–water partition coefficient (Wildman–Crippen LogP) is 4.63. The number of nitrogens with one attached hydrogen (secondary N) is 1. The number of fused-ring (bicyclic) bond motifs is 1. The third-order valence-electron chi connectivity index (χ3n) is 5.38. The fraction of sp³-hybridized carbons (Fsp3) is 0.238. The van der Waals surface area contributed by atoms with Crippen LogP contribution in [0, 0.1) is 0 Å². The summed E-state index contributed by atoms with van der Waals surface area (Å²) in [5.74, 6) is 1.35. The van der Waals surface area contributed by atoms with E-state index in [0.717, 1.165) is 18.4 Å². The SMILES string of the molecule is Oc1c(-c2nnc(Cc3ccc(Cl)cc3)[nH]2)nc(N2CCCCS2(O)O)c2cccnc12. The maximum Gasteiger partial charge on any atom is 0.184 e. The number of anilines is 1. The van der Waals surface area contributed by atoms with E-state index in [1.54, 1.807) is 30.5 Å². The van der Waals surface area contributed by atoms with Crippen LogP contribution in [0.25, 0.3) is 22.4 Å². The normalized spacial score (nSPS) is 16.9. The highest BCUT2D eigenvalue weighted by atomic mass is 35.5. The van der Waals surface area contributed by atoms with Crippen molar-refractivity contribution in [2.45, 2.75) is 19.3 Å². The molecule has 1 aromatic carbocycles. The van der Waals surface area contributed by atoms with E-state index in [4.69, 9.17) is 11.6 Å². The number of aromatic hydroxyl groups is 1. The summed E-state index contributed by atoms with van der Waals surface area (Å²) in [4.78, 5) is 12.0. The van der Waals surface area contributed by atoms with Crippen LogP contribution in [0.15, 0.2) is 42.6 Å². The van der Waals surface area contributed by atoms with Gasteiger partial charge < -0.3 is 10.1 Å². The molecule has 9 nitrogen and oxygen atoms in total. The lowest BCUT2D eigenvalue weighted by Gasteiger charge is -2.47. The van der Waals surface area contributed by atoms with Crippen LogP contribution < -0.4 is 4.31 Å². The Morgan fingerprint density at radius 3 is 2.69 bits per heavy atom. The molecule has 1 saturated heterocycles. The van der Waals surface area contributed by atoms with Crippen molar-refractivity contribution in [1.82, 2.24) is 25.1 Å². The molecule has 1 fully saturated rings. The highest BCUT2D eigenvalue weighted by Crippen LogP contribution is 2.51. The Morgan fingerprint density at radius 1 is 1.09 bits per heavy atom. The van der Waals surface area contributed by atoms with Crippen molar-refractivity contribution in [3.63, 3.8) is 0 Å². The Hall–Kier alpha value is -2.92. The van der Waals surface area contributed by atoms with Gasteiger partial charge in [0.25, 0.3) is 0 Å². The van der Waals surface area contributed by atoms with E-state index in [-0.39, 0.29) is 23.0 Å². The lowest BCUT2D eigenvalue weighted by atomic mass is 10.1. The van der Waals surface area contributed by atoms with Crippen molar-refractivity contribution >= 4 is 39.1 Å². The summed E-state index contributed by atoms with van der Waals surface area (Å²) in [5, 5.41) is 20.5. The van der Waals surface area contributed by atoms with Gasteiger partial charge in [-0.25, -0.2) is 4.98 Å². The predicted molar refractivity (Wildman–Crippen MR) is 125 cm³/mol. The van der Waals surface area contributed by atoms with Gasteiger partial charge in [0.2, 0.25) is 0 Å². The van der Waals surface area contributed by atoms with Crippen LogP contribution >= 0.6 is 22.4 Å².